The molecule has 1 aromatic heterocycles. The van der Waals surface area contributed by atoms with Crippen molar-refractivity contribution in [2.45, 2.75) is 6.04 Å². The van der Waals surface area contributed by atoms with E-state index in [4.69, 9.17) is 0 Å². The molecule has 1 aromatic carbocycles. The Balaban J connectivity index is 1.55. The molecule has 4 rings (SSSR count). The third kappa shape index (κ3) is 2.15. The molecule has 1 aliphatic heterocycles. The zero-order valence-corrected chi connectivity index (χ0v) is 11.8. The summed E-state index contributed by atoms with van der Waals surface area (Å²) >= 11 is 1.52. The largest absolute Gasteiger partial charge is 0.301 e. The molecule has 2 aromatic rings. The smallest absolute Gasteiger partial charge is 0.258 e. The van der Waals surface area contributed by atoms with Gasteiger partial charge in [-0.1, -0.05) is 36.0 Å². The number of amidine groups is 1. The van der Waals surface area contributed by atoms with Crippen LogP contribution in [0.2, 0.25) is 0 Å². The van der Waals surface area contributed by atoms with E-state index < -0.39 is 0 Å². The highest BCUT2D eigenvalue weighted by Crippen LogP contribution is 2.47. The molecule has 0 saturated carbocycles. The number of amides is 1. The number of nitrogens with zero attached hydrogens (tertiary/aromatic N) is 2. The number of fused-ring (bicyclic) bond motifs is 3. The normalized spacial score (nSPS) is 18.6. The number of aliphatic imine (C=N–C) groups is 1. The molecule has 102 valence electrons. The number of rotatable bonds is 1. The van der Waals surface area contributed by atoms with Crippen LogP contribution in [-0.2, 0) is 0 Å². The lowest BCUT2D eigenvalue weighted by molar-refractivity contribution is 0.0977. The Morgan fingerprint density at radius 1 is 1.19 bits per heavy atom. The second kappa shape index (κ2) is 4.86. The number of pyridine rings is 1. The molecule has 2 aliphatic rings. The molecule has 21 heavy (non-hydrogen) atoms. The van der Waals surface area contributed by atoms with Crippen molar-refractivity contribution in [2.75, 3.05) is 0 Å². The van der Waals surface area contributed by atoms with Gasteiger partial charge in [0.25, 0.3) is 5.91 Å². The second-order valence-corrected chi connectivity index (χ2v) is 5.87. The van der Waals surface area contributed by atoms with Gasteiger partial charge in [-0.05, 0) is 29.3 Å². The van der Waals surface area contributed by atoms with Crippen molar-refractivity contribution in [1.82, 2.24) is 10.3 Å². The number of nitrogens with one attached hydrogen (secondary N) is 1. The van der Waals surface area contributed by atoms with Crippen LogP contribution in [0.4, 0.5) is 0 Å². The molecule has 4 nitrogen and oxygen atoms in total. The van der Waals surface area contributed by atoms with Crippen LogP contribution >= 0.6 is 11.8 Å². The zero-order chi connectivity index (χ0) is 14.2. The van der Waals surface area contributed by atoms with Gasteiger partial charge in [0.1, 0.15) is 6.04 Å². The van der Waals surface area contributed by atoms with Gasteiger partial charge in [0, 0.05) is 17.3 Å². The summed E-state index contributed by atoms with van der Waals surface area (Å²) in [5.41, 5.74) is 2.95. The first kappa shape index (κ1) is 12.3. The first-order valence-electron chi connectivity index (χ1n) is 6.59. The van der Waals surface area contributed by atoms with Gasteiger partial charge in [0.2, 0.25) is 0 Å². The Hall–Kier alpha value is -2.40. The van der Waals surface area contributed by atoms with E-state index >= 15 is 0 Å². The standard InChI is InChI=1S/C16H11N3OS/c20-15(11-5-3-7-17-9-11)19-16-18-14-12-6-2-1-4-10(12)8-13(14)21-16/h1-9,14H,(H,18,19,20). The van der Waals surface area contributed by atoms with Gasteiger partial charge >= 0.3 is 0 Å². The molecular weight excluding hydrogens is 282 g/mol. The molecule has 1 N–H and O–H groups in total. The Kier molecular flexibility index (Phi) is 2.86. The fourth-order valence-electron chi connectivity index (χ4n) is 2.47. The number of carbonyl (C=O) groups excluding carboxylic acids is 1. The van der Waals surface area contributed by atoms with Crippen molar-refractivity contribution in [3.8, 4) is 0 Å². The molecule has 0 radical (unpaired) electrons. The maximum atomic E-state index is 12.1. The Morgan fingerprint density at radius 3 is 2.95 bits per heavy atom. The SMILES string of the molecule is O=C(NC1=NC2C(=Cc3ccccc32)S1)c1cccnc1. The van der Waals surface area contributed by atoms with Gasteiger partial charge in [0.15, 0.2) is 5.17 Å². The number of carbonyl (C=O) groups is 1. The highest BCUT2D eigenvalue weighted by atomic mass is 32.2. The Labute approximate surface area is 126 Å². The minimum absolute atomic E-state index is 0.0374. The molecule has 0 bridgehead atoms. The third-order valence-corrected chi connectivity index (χ3v) is 4.44. The van der Waals surface area contributed by atoms with Crippen LogP contribution in [0.3, 0.4) is 0 Å². The van der Waals surface area contributed by atoms with Crippen molar-refractivity contribution in [2.24, 2.45) is 4.99 Å². The topological polar surface area (TPSA) is 54.4 Å². The summed E-state index contributed by atoms with van der Waals surface area (Å²) in [6, 6.07) is 11.7. The summed E-state index contributed by atoms with van der Waals surface area (Å²) in [4.78, 5) is 21.8. The average Bonchev–Trinajstić information content (AvgIpc) is 3.05. The summed E-state index contributed by atoms with van der Waals surface area (Å²) < 4.78 is 0. The first-order valence-corrected chi connectivity index (χ1v) is 7.40. The molecular formula is C16H11N3OS. The third-order valence-electron chi connectivity index (χ3n) is 3.46. The molecule has 0 saturated heterocycles. The maximum Gasteiger partial charge on any atom is 0.258 e. The van der Waals surface area contributed by atoms with Crippen molar-refractivity contribution in [1.29, 1.82) is 0 Å². The van der Waals surface area contributed by atoms with Gasteiger partial charge < -0.3 is 5.32 Å². The van der Waals surface area contributed by atoms with E-state index in [-0.39, 0.29) is 11.9 Å². The Bertz CT molecular complexity index is 783. The van der Waals surface area contributed by atoms with E-state index in [2.05, 4.69) is 33.5 Å². The summed E-state index contributed by atoms with van der Waals surface area (Å²) in [5.74, 6) is -0.178. The predicted molar refractivity (Wildman–Crippen MR) is 83.9 cm³/mol. The lowest BCUT2D eigenvalue weighted by Crippen LogP contribution is -2.27. The van der Waals surface area contributed by atoms with Crippen LogP contribution < -0.4 is 5.32 Å². The van der Waals surface area contributed by atoms with Crippen LogP contribution in [0.1, 0.15) is 27.5 Å². The lowest BCUT2D eigenvalue weighted by atomic mass is 10.1. The zero-order valence-electron chi connectivity index (χ0n) is 11.0. The van der Waals surface area contributed by atoms with Gasteiger partial charge in [-0.15, -0.1) is 0 Å². The van der Waals surface area contributed by atoms with Crippen LogP contribution in [0.15, 0.2) is 58.7 Å². The van der Waals surface area contributed by atoms with Crippen molar-refractivity contribution in [3.63, 3.8) is 0 Å². The number of hydrogen-bond acceptors (Lipinski definition) is 4. The second-order valence-electron chi connectivity index (χ2n) is 4.81. The van der Waals surface area contributed by atoms with E-state index in [1.807, 2.05) is 12.1 Å². The van der Waals surface area contributed by atoms with E-state index in [1.54, 1.807) is 24.5 Å². The predicted octanol–water partition coefficient (Wildman–Crippen LogP) is 3.01. The van der Waals surface area contributed by atoms with Gasteiger partial charge in [0.05, 0.1) is 5.56 Å². The molecule has 0 fully saturated rings. The van der Waals surface area contributed by atoms with Gasteiger partial charge in [-0.3, -0.25) is 9.78 Å². The highest BCUT2D eigenvalue weighted by molar-refractivity contribution is 8.17. The molecule has 1 amide bonds. The number of aromatic nitrogens is 1. The highest BCUT2D eigenvalue weighted by Gasteiger charge is 2.32. The average molecular weight is 293 g/mol. The van der Waals surface area contributed by atoms with Crippen molar-refractivity contribution >= 4 is 28.9 Å². The fraction of sp³-hybridized carbons (Fsp3) is 0.0625. The summed E-state index contributed by atoms with van der Waals surface area (Å²) in [6.45, 7) is 0. The summed E-state index contributed by atoms with van der Waals surface area (Å²) in [6.07, 6.45) is 5.33. The van der Waals surface area contributed by atoms with Crippen LogP contribution in [-0.4, -0.2) is 16.1 Å². The monoisotopic (exact) mass is 293 g/mol. The molecule has 2 heterocycles. The van der Waals surface area contributed by atoms with Gasteiger partial charge in [-0.25, -0.2) is 4.99 Å². The van der Waals surface area contributed by atoms with E-state index in [0.29, 0.717) is 10.7 Å². The maximum absolute atomic E-state index is 12.1. The van der Waals surface area contributed by atoms with E-state index in [0.717, 1.165) is 4.91 Å². The van der Waals surface area contributed by atoms with E-state index in [1.165, 1.54) is 22.9 Å². The molecule has 1 unspecified atom stereocenters. The minimum atomic E-state index is -0.178. The Morgan fingerprint density at radius 2 is 2.10 bits per heavy atom. The number of benzene rings is 1. The quantitative estimate of drug-likeness (QED) is 0.879. The molecule has 5 heteroatoms. The molecule has 1 atom stereocenters. The van der Waals surface area contributed by atoms with E-state index in [9.17, 15) is 4.79 Å². The number of hydrogen-bond donors (Lipinski definition) is 1. The summed E-state index contributed by atoms with van der Waals surface area (Å²) in [7, 11) is 0. The van der Waals surface area contributed by atoms with Crippen molar-refractivity contribution in [3.05, 3.63) is 70.4 Å². The van der Waals surface area contributed by atoms with Crippen LogP contribution in [0.5, 0.6) is 0 Å². The number of thioether (sulfide) groups is 1. The molecule has 1 aliphatic carbocycles. The fourth-order valence-corrected chi connectivity index (χ4v) is 3.48. The minimum Gasteiger partial charge on any atom is -0.301 e. The van der Waals surface area contributed by atoms with Crippen LogP contribution in [0, 0.1) is 0 Å². The van der Waals surface area contributed by atoms with Crippen molar-refractivity contribution < 1.29 is 4.79 Å². The van der Waals surface area contributed by atoms with Gasteiger partial charge in [-0.2, -0.15) is 0 Å². The first-order chi connectivity index (χ1) is 10.3. The summed E-state index contributed by atoms with van der Waals surface area (Å²) in [5, 5.41) is 3.50. The molecule has 0 spiro atoms. The van der Waals surface area contributed by atoms with Crippen LogP contribution in [0.25, 0.3) is 6.08 Å². The lowest BCUT2D eigenvalue weighted by Gasteiger charge is -2.04.